The first-order chi connectivity index (χ1) is 11.3. The highest BCUT2D eigenvalue weighted by Crippen LogP contribution is 2.36. The molecule has 0 saturated heterocycles. The van der Waals surface area contributed by atoms with Crippen molar-refractivity contribution in [3.63, 3.8) is 0 Å². The van der Waals surface area contributed by atoms with Crippen LogP contribution in [0.2, 0.25) is 5.02 Å². The maximum atomic E-state index is 14.5. The van der Waals surface area contributed by atoms with Gasteiger partial charge < -0.3 is 21.4 Å². The van der Waals surface area contributed by atoms with Crippen LogP contribution in [0.4, 0.5) is 21.7 Å². The molecule has 3 rings (SSSR count). The molecule has 24 heavy (non-hydrogen) atoms. The summed E-state index contributed by atoms with van der Waals surface area (Å²) in [5, 5.41) is 0.0354. The molecule has 0 spiro atoms. The quantitative estimate of drug-likeness (QED) is 0.673. The second-order valence-corrected chi connectivity index (χ2v) is 5.69. The molecule has 5 N–H and O–H groups in total. The first-order valence-electron chi connectivity index (χ1n) is 6.93. The summed E-state index contributed by atoms with van der Waals surface area (Å²) in [7, 11) is 1.60. The number of nitrogens with two attached hydrogens (primary N) is 2. The third-order valence-electron chi connectivity index (χ3n) is 3.77. The molecular formula is C15H14ClFN6O. The van der Waals surface area contributed by atoms with Gasteiger partial charge in [-0.15, -0.1) is 0 Å². The van der Waals surface area contributed by atoms with E-state index in [1.807, 2.05) is 0 Å². The number of hydrogen-bond donors (Lipinski definition) is 3. The van der Waals surface area contributed by atoms with E-state index < -0.39 is 11.7 Å². The number of pyridine rings is 1. The number of anilines is 3. The third kappa shape index (κ3) is 2.41. The van der Waals surface area contributed by atoms with Gasteiger partial charge in [-0.05, 0) is 19.1 Å². The first-order valence-corrected chi connectivity index (χ1v) is 7.30. The zero-order chi connectivity index (χ0) is 17.6. The Morgan fingerprint density at radius 2 is 2.12 bits per heavy atom. The van der Waals surface area contributed by atoms with Crippen molar-refractivity contribution in [2.24, 2.45) is 5.73 Å². The van der Waals surface area contributed by atoms with Crippen LogP contribution in [0.3, 0.4) is 0 Å². The maximum absolute atomic E-state index is 14.5. The van der Waals surface area contributed by atoms with Crippen LogP contribution in [0.1, 0.15) is 15.9 Å². The molecule has 1 amide bonds. The molecular weight excluding hydrogens is 335 g/mol. The number of benzene rings is 1. The van der Waals surface area contributed by atoms with Crippen LogP contribution in [-0.4, -0.2) is 27.9 Å². The Morgan fingerprint density at radius 3 is 2.75 bits per heavy atom. The monoisotopic (exact) mass is 348 g/mol. The number of imidazole rings is 1. The second-order valence-electron chi connectivity index (χ2n) is 5.28. The van der Waals surface area contributed by atoms with Crippen LogP contribution in [-0.2, 0) is 0 Å². The number of fused-ring (bicyclic) bond motifs is 1. The fourth-order valence-corrected chi connectivity index (χ4v) is 2.93. The lowest BCUT2D eigenvalue weighted by Gasteiger charge is -2.23. The van der Waals surface area contributed by atoms with Gasteiger partial charge in [0.2, 0.25) is 5.91 Å². The number of primary amides is 1. The molecule has 0 aliphatic carbocycles. The molecule has 0 unspecified atom stereocenters. The third-order valence-corrected chi connectivity index (χ3v) is 4.06. The molecule has 0 aliphatic heterocycles. The van der Waals surface area contributed by atoms with E-state index in [-0.39, 0.29) is 22.1 Å². The Morgan fingerprint density at radius 1 is 1.42 bits per heavy atom. The number of halogens is 2. The number of nitrogen functional groups attached to an aromatic ring is 1. The van der Waals surface area contributed by atoms with Crippen molar-refractivity contribution in [2.45, 2.75) is 6.92 Å². The summed E-state index contributed by atoms with van der Waals surface area (Å²) in [4.78, 5) is 24.1. The molecule has 0 fully saturated rings. The lowest BCUT2D eigenvalue weighted by molar-refractivity contribution is 0.1000. The molecule has 0 atom stereocenters. The zero-order valence-corrected chi connectivity index (χ0v) is 13.6. The highest BCUT2D eigenvalue weighted by atomic mass is 35.5. The number of aromatic nitrogens is 3. The highest BCUT2D eigenvalue weighted by molar-refractivity contribution is 6.33. The van der Waals surface area contributed by atoms with E-state index in [9.17, 15) is 9.18 Å². The van der Waals surface area contributed by atoms with E-state index in [4.69, 9.17) is 23.1 Å². The predicted octanol–water partition coefficient (Wildman–Crippen LogP) is 2.51. The van der Waals surface area contributed by atoms with Crippen LogP contribution >= 0.6 is 11.6 Å². The van der Waals surface area contributed by atoms with Crippen LogP contribution < -0.4 is 16.4 Å². The van der Waals surface area contributed by atoms with Crippen molar-refractivity contribution >= 4 is 45.9 Å². The van der Waals surface area contributed by atoms with Gasteiger partial charge in [-0.2, -0.15) is 0 Å². The van der Waals surface area contributed by atoms with Crippen molar-refractivity contribution in [3.05, 3.63) is 40.4 Å². The van der Waals surface area contributed by atoms with Gasteiger partial charge in [0.05, 0.1) is 22.6 Å². The number of aromatic amines is 1. The van der Waals surface area contributed by atoms with Crippen molar-refractivity contribution in [1.82, 2.24) is 15.0 Å². The first kappa shape index (κ1) is 16.0. The Kier molecular flexibility index (Phi) is 3.76. The Hall–Kier alpha value is -2.87. The Bertz CT molecular complexity index is 947. The molecule has 1 aromatic carbocycles. The van der Waals surface area contributed by atoms with Crippen LogP contribution in [0.25, 0.3) is 11.0 Å². The minimum absolute atomic E-state index is 0.0124. The van der Waals surface area contributed by atoms with Crippen molar-refractivity contribution < 1.29 is 9.18 Å². The summed E-state index contributed by atoms with van der Waals surface area (Å²) < 4.78 is 14.5. The van der Waals surface area contributed by atoms with Gasteiger partial charge in [0.15, 0.2) is 5.82 Å². The number of carbonyl (C=O) groups is 1. The van der Waals surface area contributed by atoms with E-state index in [0.29, 0.717) is 22.4 Å². The molecule has 9 heteroatoms. The van der Waals surface area contributed by atoms with Gasteiger partial charge in [-0.25, -0.2) is 14.4 Å². The van der Waals surface area contributed by atoms with Crippen molar-refractivity contribution in [2.75, 3.05) is 17.7 Å². The average molecular weight is 349 g/mol. The minimum Gasteiger partial charge on any atom is -0.382 e. The number of rotatable bonds is 3. The van der Waals surface area contributed by atoms with Crippen molar-refractivity contribution in [1.29, 1.82) is 0 Å². The van der Waals surface area contributed by atoms with Crippen molar-refractivity contribution in [3.8, 4) is 0 Å². The molecule has 0 saturated carbocycles. The fourth-order valence-electron chi connectivity index (χ4n) is 2.59. The number of nitrogens with one attached hydrogen (secondary N) is 1. The molecule has 0 aliphatic rings. The standard InChI is InChI=1S/C15H14ClFN6O/c1-6-10-11(21-5-20-10)13(18)22-15(6)23(2)12-8(16)3-7(14(19)24)4-9(12)17/h3-5H,1-2H3,(H2,18,22)(H2,19,24)(H,20,21). The minimum atomic E-state index is -0.763. The van der Waals surface area contributed by atoms with Crippen LogP contribution in [0, 0.1) is 12.7 Å². The summed E-state index contributed by atoms with van der Waals surface area (Å²) in [5.74, 6) is -0.817. The van der Waals surface area contributed by atoms with Crippen LogP contribution in [0.15, 0.2) is 18.5 Å². The van der Waals surface area contributed by atoms with E-state index >= 15 is 0 Å². The smallest absolute Gasteiger partial charge is 0.248 e. The topological polar surface area (TPSA) is 114 Å². The fraction of sp³-hybridized carbons (Fsp3) is 0.133. The molecule has 0 radical (unpaired) electrons. The summed E-state index contributed by atoms with van der Waals surface area (Å²) in [6.07, 6.45) is 1.51. The number of H-pyrrole nitrogens is 1. The zero-order valence-electron chi connectivity index (χ0n) is 12.9. The number of hydrogen-bond acceptors (Lipinski definition) is 5. The van der Waals surface area contributed by atoms with Gasteiger partial charge in [0.1, 0.15) is 17.2 Å². The number of nitrogens with zero attached hydrogens (tertiary/aromatic N) is 3. The molecule has 2 aromatic heterocycles. The lowest BCUT2D eigenvalue weighted by Crippen LogP contribution is -2.17. The number of aryl methyl sites for hydroxylation is 1. The van der Waals surface area contributed by atoms with Gasteiger partial charge in [0, 0.05) is 18.2 Å². The molecule has 2 heterocycles. The van der Waals surface area contributed by atoms with Gasteiger partial charge in [-0.1, -0.05) is 11.6 Å². The van der Waals surface area contributed by atoms with Gasteiger partial charge in [0.25, 0.3) is 0 Å². The summed E-state index contributed by atoms with van der Waals surface area (Å²) in [5.41, 5.74) is 13.1. The summed E-state index contributed by atoms with van der Waals surface area (Å²) in [6.45, 7) is 1.80. The highest BCUT2D eigenvalue weighted by Gasteiger charge is 2.21. The molecule has 0 bridgehead atoms. The molecule has 7 nitrogen and oxygen atoms in total. The van der Waals surface area contributed by atoms with E-state index in [1.165, 1.54) is 17.3 Å². The SMILES string of the molecule is Cc1c(N(C)c2c(F)cc(C(N)=O)cc2Cl)nc(N)c2[nH]cnc12. The summed E-state index contributed by atoms with van der Waals surface area (Å²) >= 11 is 6.14. The van der Waals surface area contributed by atoms with Crippen LogP contribution in [0.5, 0.6) is 0 Å². The Balaban J connectivity index is 2.18. The molecule has 124 valence electrons. The second kappa shape index (κ2) is 5.64. The number of carbonyl (C=O) groups excluding carboxylic acids is 1. The largest absolute Gasteiger partial charge is 0.382 e. The maximum Gasteiger partial charge on any atom is 0.248 e. The van der Waals surface area contributed by atoms with Gasteiger partial charge in [-0.3, -0.25) is 4.79 Å². The van der Waals surface area contributed by atoms with E-state index in [0.717, 1.165) is 6.07 Å². The lowest BCUT2D eigenvalue weighted by atomic mass is 10.1. The predicted molar refractivity (Wildman–Crippen MR) is 91.0 cm³/mol. The normalized spacial score (nSPS) is 11.0. The molecule has 3 aromatic rings. The average Bonchev–Trinajstić information content (AvgIpc) is 3.00. The number of amides is 1. The van der Waals surface area contributed by atoms with Gasteiger partial charge >= 0.3 is 0 Å². The Labute approximate surface area is 141 Å². The summed E-state index contributed by atoms with van der Waals surface area (Å²) in [6, 6.07) is 2.34. The van der Waals surface area contributed by atoms with E-state index in [1.54, 1.807) is 14.0 Å². The van der Waals surface area contributed by atoms with E-state index in [2.05, 4.69) is 15.0 Å².